The largest absolute Gasteiger partial charge is 0.389 e. The molecule has 0 aromatic heterocycles. The SMILES string of the molecule is Cc1cc(F)c(Br)cc1C(N)=S. The number of halogens is 2. The molecule has 1 aromatic rings. The fourth-order valence-electron chi connectivity index (χ4n) is 0.912. The summed E-state index contributed by atoms with van der Waals surface area (Å²) in [5.74, 6) is -0.299. The molecule has 0 unspecified atom stereocenters. The van der Waals surface area contributed by atoms with Gasteiger partial charge in [0.15, 0.2) is 0 Å². The Kier molecular flexibility index (Phi) is 2.80. The summed E-state index contributed by atoms with van der Waals surface area (Å²) in [4.78, 5) is 0.285. The quantitative estimate of drug-likeness (QED) is 0.773. The summed E-state index contributed by atoms with van der Waals surface area (Å²) in [5, 5.41) is 0. The first-order valence-corrected chi connectivity index (χ1v) is 4.48. The van der Waals surface area contributed by atoms with Crippen molar-refractivity contribution in [3.05, 3.63) is 33.5 Å². The highest BCUT2D eigenvalue weighted by atomic mass is 79.9. The van der Waals surface area contributed by atoms with Gasteiger partial charge in [0.2, 0.25) is 0 Å². The van der Waals surface area contributed by atoms with Crippen LogP contribution in [-0.4, -0.2) is 4.99 Å². The summed E-state index contributed by atoms with van der Waals surface area (Å²) in [6.45, 7) is 1.77. The molecule has 4 heteroatoms. The van der Waals surface area contributed by atoms with Crippen molar-refractivity contribution in [2.45, 2.75) is 6.92 Å². The fraction of sp³-hybridized carbons (Fsp3) is 0.125. The van der Waals surface area contributed by atoms with Gasteiger partial charge in [-0.3, -0.25) is 0 Å². The zero-order valence-corrected chi connectivity index (χ0v) is 8.80. The van der Waals surface area contributed by atoms with Crippen molar-refractivity contribution in [2.75, 3.05) is 0 Å². The molecule has 0 saturated carbocycles. The van der Waals surface area contributed by atoms with E-state index in [0.29, 0.717) is 10.0 Å². The van der Waals surface area contributed by atoms with E-state index < -0.39 is 0 Å². The summed E-state index contributed by atoms with van der Waals surface area (Å²) >= 11 is 7.85. The highest BCUT2D eigenvalue weighted by Crippen LogP contribution is 2.20. The van der Waals surface area contributed by atoms with Crippen molar-refractivity contribution < 1.29 is 4.39 Å². The lowest BCUT2D eigenvalue weighted by Gasteiger charge is -2.04. The molecule has 0 aliphatic rings. The molecule has 1 nitrogen and oxygen atoms in total. The first-order valence-electron chi connectivity index (χ1n) is 3.28. The summed E-state index contributed by atoms with van der Waals surface area (Å²) in [7, 11) is 0. The van der Waals surface area contributed by atoms with E-state index >= 15 is 0 Å². The van der Waals surface area contributed by atoms with Crippen LogP contribution in [0.3, 0.4) is 0 Å². The van der Waals surface area contributed by atoms with Gasteiger partial charge in [-0.2, -0.15) is 0 Å². The third-order valence-corrected chi connectivity index (χ3v) is 2.36. The molecule has 1 rings (SSSR count). The van der Waals surface area contributed by atoms with E-state index in [9.17, 15) is 4.39 Å². The molecule has 0 amide bonds. The van der Waals surface area contributed by atoms with Crippen molar-refractivity contribution in [3.8, 4) is 0 Å². The van der Waals surface area contributed by atoms with Gasteiger partial charge in [0.1, 0.15) is 10.8 Å². The Balaban J connectivity index is 3.33. The second-order valence-electron chi connectivity index (χ2n) is 2.45. The molecule has 0 saturated heterocycles. The van der Waals surface area contributed by atoms with E-state index in [1.165, 1.54) is 6.07 Å². The lowest BCUT2D eigenvalue weighted by atomic mass is 10.1. The van der Waals surface area contributed by atoms with Gasteiger partial charge in [-0.15, -0.1) is 0 Å². The van der Waals surface area contributed by atoms with Crippen LogP contribution < -0.4 is 5.73 Å². The molecule has 12 heavy (non-hydrogen) atoms. The van der Waals surface area contributed by atoms with Gasteiger partial charge in [-0.1, -0.05) is 12.2 Å². The Labute approximate surface area is 83.9 Å². The van der Waals surface area contributed by atoms with Crippen LogP contribution in [0, 0.1) is 12.7 Å². The standard InChI is InChI=1S/C8H7BrFNS/c1-4-2-7(10)6(9)3-5(4)8(11)12/h2-3H,1H3,(H2,11,12). The highest BCUT2D eigenvalue weighted by Gasteiger charge is 2.06. The molecule has 0 radical (unpaired) electrons. The summed E-state index contributed by atoms with van der Waals surface area (Å²) in [6.07, 6.45) is 0. The molecular formula is C8H7BrFNS. The van der Waals surface area contributed by atoms with Crippen molar-refractivity contribution in [2.24, 2.45) is 5.73 Å². The number of thiocarbonyl (C=S) groups is 1. The molecule has 1 aromatic carbocycles. The van der Waals surface area contributed by atoms with Crippen molar-refractivity contribution in [1.82, 2.24) is 0 Å². The molecule has 0 aliphatic carbocycles. The second-order valence-corrected chi connectivity index (χ2v) is 3.74. The predicted octanol–water partition coefficient (Wildman–Crippen LogP) is 2.53. The van der Waals surface area contributed by atoms with Crippen LogP contribution in [0.4, 0.5) is 4.39 Å². The molecule has 64 valence electrons. The second kappa shape index (κ2) is 3.49. The number of aryl methyl sites for hydroxylation is 1. The fourth-order valence-corrected chi connectivity index (χ4v) is 1.48. The minimum absolute atomic E-state index is 0.285. The minimum Gasteiger partial charge on any atom is -0.389 e. The van der Waals surface area contributed by atoms with Crippen molar-refractivity contribution in [1.29, 1.82) is 0 Å². The average Bonchev–Trinajstić information content (AvgIpc) is 1.96. The molecule has 0 spiro atoms. The number of nitrogens with two attached hydrogens (primary N) is 1. The van der Waals surface area contributed by atoms with Crippen molar-refractivity contribution >= 4 is 33.1 Å². The van der Waals surface area contributed by atoms with E-state index in [0.717, 1.165) is 5.56 Å². The first-order chi connectivity index (χ1) is 5.52. The molecule has 0 atom stereocenters. The maximum absolute atomic E-state index is 12.9. The van der Waals surface area contributed by atoms with Crippen LogP contribution in [0.1, 0.15) is 11.1 Å². The van der Waals surface area contributed by atoms with Gasteiger partial charge in [-0.25, -0.2) is 4.39 Å². The van der Waals surface area contributed by atoms with Gasteiger partial charge < -0.3 is 5.73 Å². The molecule has 2 N–H and O–H groups in total. The topological polar surface area (TPSA) is 26.0 Å². The Hall–Kier alpha value is -0.480. The Morgan fingerprint density at radius 1 is 1.58 bits per heavy atom. The van der Waals surface area contributed by atoms with Gasteiger partial charge >= 0.3 is 0 Å². The van der Waals surface area contributed by atoms with E-state index in [1.54, 1.807) is 13.0 Å². The smallest absolute Gasteiger partial charge is 0.137 e. The predicted molar refractivity (Wildman–Crippen MR) is 54.7 cm³/mol. The monoisotopic (exact) mass is 247 g/mol. The van der Waals surface area contributed by atoms with E-state index in [-0.39, 0.29) is 10.8 Å². The minimum atomic E-state index is -0.299. The first kappa shape index (κ1) is 9.61. The number of hydrogen-bond acceptors (Lipinski definition) is 1. The van der Waals surface area contributed by atoms with E-state index in [2.05, 4.69) is 15.9 Å². The third-order valence-electron chi connectivity index (χ3n) is 1.53. The maximum Gasteiger partial charge on any atom is 0.137 e. The lowest BCUT2D eigenvalue weighted by Crippen LogP contribution is -2.11. The summed E-state index contributed by atoms with van der Waals surface area (Å²) < 4.78 is 13.3. The van der Waals surface area contributed by atoms with Crippen LogP contribution in [0.25, 0.3) is 0 Å². The van der Waals surface area contributed by atoms with Gasteiger partial charge in [0.05, 0.1) is 4.47 Å². The van der Waals surface area contributed by atoms with Crippen LogP contribution in [-0.2, 0) is 0 Å². The summed E-state index contributed by atoms with van der Waals surface area (Å²) in [5.41, 5.74) is 6.88. The van der Waals surface area contributed by atoms with Crippen LogP contribution >= 0.6 is 28.1 Å². The Morgan fingerprint density at radius 2 is 2.17 bits per heavy atom. The lowest BCUT2D eigenvalue weighted by molar-refractivity contribution is 0.620. The maximum atomic E-state index is 12.9. The zero-order valence-electron chi connectivity index (χ0n) is 6.40. The number of benzene rings is 1. The van der Waals surface area contributed by atoms with Crippen molar-refractivity contribution in [3.63, 3.8) is 0 Å². The third kappa shape index (κ3) is 1.81. The molecular weight excluding hydrogens is 241 g/mol. The van der Waals surface area contributed by atoms with Crippen LogP contribution in [0.5, 0.6) is 0 Å². The Morgan fingerprint density at radius 3 is 2.67 bits per heavy atom. The van der Waals surface area contributed by atoms with Gasteiger partial charge in [-0.05, 0) is 40.5 Å². The van der Waals surface area contributed by atoms with Gasteiger partial charge in [0.25, 0.3) is 0 Å². The van der Waals surface area contributed by atoms with E-state index in [4.69, 9.17) is 18.0 Å². The van der Waals surface area contributed by atoms with E-state index in [1.807, 2.05) is 0 Å². The molecule has 0 aliphatic heterocycles. The average molecular weight is 248 g/mol. The molecule has 0 fully saturated rings. The van der Waals surface area contributed by atoms with Crippen LogP contribution in [0.2, 0.25) is 0 Å². The molecule has 0 heterocycles. The highest BCUT2D eigenvalue weighted by molar-refractivity contribution is 9.10. The molecule has 0 bridgehead atoms. The zero-order chi connectivity index (χ0) is 9.30. The van der Waals surface area contributed by atoms with Crippen LogP contribution in [0.15, 0.2) is 16.6 Å². The Bertz CT molecular complexity index is 338. The normalized spacial score (nSPS) is 9.92. The number of rotatable bonds is 1. The number of hydrogen-bond donors (Lipinski definition) is 1. The van der Waals surface area contributed by atoms with Gasteiger partial charge in [0, 0.05) is 5.56 Å². The summed E-state index contributed by atoms with van der Waals surface area (Å²) in [6, 6.07) is 2.99.